The summed E-state index contributed by atoms with van der Waals surface area (Å²) in [7, 11) is 4.72. The van der Waals surface area contributed by atoms with E-state index in [1.165, 1.54) is 0 Å². The van der Waals surface area contributed by atoms with Gasteiger partial charge in [0.2, 0.25) is 0 Å². The van der Waals surface area contributed by atoms with Crippen molar-refractivity contribution in [1.82, 2.24) is 0 Å². The first-order valence-corrected chi connectivity index (χ1v) is 7.77. The van der Waals surface area contributed by atoms with Crippen molar-refractivity contribution in [3.63, 3.8) is 0 Å². The third-order valence-corrected chi connectivity index (χ3v) is 4.64. The van der Waals surface area contributed by atoms with Crippen LogP contribution in [0.3, 0.4) is 0 Å². The molecule has 4 nitrogen and oxygen atoms in total. The molecular weight excluding hydrogens is 306 g/mol. The van der Waals surface area contributed by atoms with E-state index in [-0.39, 0.29) is 33.0 Å². The summed E-state index contributed by atoms with van der Waals surface area (Å²) in [6, 6.07) is 11.0. The molecule has 0 aliphatic rings. The van der Waals surface area contributed by atoms with E-state index >= 15 is 0 Å². The first kappa shape index (κ1) is 19.6. The van der Waals surface area contributed by atoms with Crippen molar-refractivity contribution < 1.29 is 19.0 Å². The van der Waals surface area contributed by atoms with Crippen LogP contribution < -0.4 is 19.5 Å². The number of carbonyl (C=O) groups is 1. The molecule has 0 spiro atoms. The van der Waals surface area contributed by atoms with E-state index in [1.54, 1.807) is 39.5 Å². The van der Waals surface area contributed by atoms with Crippen LogP contribution in [0.1, 0.15) is 15.9 Å². The van der Waals surface area contributed by atoms with Crippen molar-refractivity contribution in [1.29, 1.82) is 0 Å². The summed E-state index contributed by atoms with van der Waals surface area (Å²) < 4.78 is 15.8. The van der Waals surface area contributed by atoms with E-state index in [4.69, 9.17) is 14.2 Å². The van der Waals surface area contributed by atoms with Gasteiger partial charge in [0, 0.05) is 18.9 Å². The quantitative estimate of drug-likeness (QED) is 0.605. The van der Waals surface area contributed by atoms with Gasteiger partial charge in [0.1, 0.15) is 22.8 Å². The van der Waals surface area contributed by atoms with Gasteiger partial charge < -0.3 is 14.2 Å². The molecule has 23 heavy (non-hydrogen) atoms. The van der Waals surface area contributed by atoms with Crippen LogP contribution in [0.2, 0.25) is 0 Å². The molecule has 2 rings (SSSR count). The Hall–Kier alpha value is -1.46. The molecule has 117 valence electrons. The van der Waals surface area contributed by atoms with E-state index in [9.17, 15) is 4.79 Å². The molecule has 6 heteroatoms. The number of hydrogen-bond acceptors (Lipinski definition) is 4. The average molecular weight is 325 g/mol. The van der Waals surface area contributed by atoms with E-state index in [0.717, 1.165) is 16.6 Å². The van der Waals surface area contributed by atoms with Crippen molar-refractivity contribution >= 4 is 38.3 Å². The van der Waals surface area contributed by atoms with Gasteiger partial charge in [-0.1, -0.05) is 12.1 Å². The Balaban J connectivity index is 0.00000264. The van der Waals surface area contributed by atoms with Gasteiger partial charge in [-0.3, -0.25) is 4.79 Å². The van der Waals surface area contributed by atoms with Gasteiger partial charge in [0.15, 0.2) is 5.52 Å². The smallest absolute Gasteiger partial charge is 0.193 e. The molecule has 0 saturated carbocycles. The average Bonchev–Trinajstić information content (AvgIpc) is 2.55. The Morgan fingerprint density at radius 2 is 1.57 bits per heavy atom. The minimum Gasteiger partial charge on any atom is -0.497 e. The SMILES string of the molecule is COc1ccc(PC(=O)c2c(OC)cccc2OC)c(C)c1.[Li]. The third kappa shape index (κ3) is 4.51. The van der Waals surface area contributed by atoms with Crippen molar-refractivity contribution in [3.8, 4) is 17.2 Å². The van der Waals surface area contributed by atoms with Crippen LogP contribution in [-0.4, -0.2) is 45.7 Å². The summed E-state index contributed by atoms with van der Waals surface area (Å²) in [6.45, 7) is 1.97. The number of hydrogen-bond donors (Lipinski definition) is 0. The predicted octanol–water partition coefficient (Wildman–Crippen LogP) is 2.78. The van der Waals surface area contributed by atoms with E-state index in [2.05, 4.69) is 0 Å². The Morgan fingerprint density at radius 3 is 2.04 bits per heavy atom. The van der Waals surface area contributed by atoms with Gasteiger partial charge in [-0.15, -0.1) is 0 Å². The number of ether oxygens (including phenoxy) is 3. The molecule has 1 unspecified atom stereocenters. The second-order valence-corrected chi connectivity index (χ2v) is 5.92. The summed E-state index contributed by atoms with van der Waals surface area (Å²) in [6.07, 6.45) is 0. The summed E-state index contributed by atoms with van der Waals surface area (Å²) in [5.74, 6) is 1.85. The minimum absolute atomic E-state index is 0. The van der Waals surface area contributed by atoms with Crippen LogP contribution in [0.4, 0.5) is 0 Å². The molecule has 0 aliphatic heterocycles. The summed E-state index contributed by atoms with van der Waals surface area (Å²) in [4.78, 5) is 12.7. The van der Waals surface area contributed by atoms with Crippen molar-refractivity contribution in [3.05, 3.63) is 47.5 Å². The van der Waals surface area contributed by atoms with Crippen LogP contribution in [0.5, 0.6) is 17.2 Å². The molecule has 0 amide bonds. The molecule has 0 bridgehead atoms. The molecule has 2 aromatic carbocycles. The topological polar surface area (TPSA) is 44.8 Å². The van der Waals surface area contributed by atoms with Crippen molar-refractivity contribution in [2.45, 2.75) is 6.92 Å². The van der Waals surface area contributed by atoms with Crippen LogP contribution in [-0.2, 0) is 0 Å². The van der Waals surface area contributed by atoms with Crippen molar-refractivity contribution in [2.24, 2.45) is 0 Å². The number of benzene rings is 2. The molecular formula is C17H19LiO4P. The standard InChI is InChI=1S/C17H19O4P.Li/c1-11-10-12(19-2)8-9-15(11)22-17(18)16-13(20-3)6-5-7-14(16)21-4;/h5-10,22H,1-4H3;. The first-order chi connectivity index (χ1) is 10.6. The molecule has 1 atom stereocenters. The maximum atomic E-state index is 12.7. The van der Waals surface area contributed by atoms with Gasteiger partial charge >= 0.3 is 0 Å². The summed E-state index contributed by atoms with van der Waals surface area (Å²) in [5, 5.41) is 0.985. The molecule has 2 aromatic rings. The Bertz CT molecular complexity index is 666. The van der Waals surface area contributed by atoms with E-state index < -0.39 is 0 Å². The number of rotatable bonds is 6. The van der Waals surface area contributed by atoms with Gasteiger partial charge in [0.25, 0.3) is 0 Å². The van der Waals surface area contributed by atoms with Crippen LogP contribution in [0.25, 0.3) is 0 Å². The maximum absolute atomic E-state index is 12.7. The normalized spacial score (nSPS) is 10.3. The third-order valence-electron chi connectivity index (χ3n) is 3.34. The number of carbonyl (C=O) groups excluding carboxylic acids is 1. The number of methoxy groups -OCH3 is 3. The summed E-state index contributed by atoms with van der Waals surface area (Å²) in [5.41, 5.74) is 1.50. The van der Waals surface area contributed by atoms with E-state index in [0.29, 0.717) is 17.1 Å². The van der Waals surface area contributed by atoms with Gasteiger partial charge in [0.05, 0.1) is 21.3 Å². The fourth-order valence-corrected chi connectivity index (χ4v) is 3.22. The fourth-order valence-electron chi connectivity index (χ4n) is 2.16. The van der Waals surface area contributed by atoms with Crippen LogP contribution in [0, 0.1) is 6.92 Å². The zero-order chi connectivity index (χ0) is 16.1. The van der Waals surface area contributed by atoms with Gasteiger partial charge in [-0.05, 0) is 50.6 Å². The molecule has 0 fully saturated rings. The zero-order valence-electron chi connectivity index (χ0n) is 14.1. The fraction of sp³-hybridized carbons (Fsp3) is 0.235. The monoisotopic (exact) mass is 325 g/mol. The minimum atomic E-state index is -0.0115. The van der Waals surface area contributed by atoms with Crippen LogP contribution >= 0.6 is 8.58 Å². The molecule has 0 aliphatic carbocycles. The Labute approximate surface area is 150 Å². The second kappa shape index (κ2) is 8.99. The maximum Gasteiger partial charge on any atom is 0.193 e. The van der Waals surface area contributed by atoms with E-state index in [1.807, 2.05) is 25.1 Å². The molecule has 0 aromatic heterocycles. The summed E-state index contributed by atoms with van der Waals surface area (Å²) >= 11 is 0. The zero-order valence-corrected chi connectivity index (χ0v) is 15.1. The first-order valence-electron chi connectivity index (χ1n) is 6.77. The molecule has 0 saturated heterocycles. The largest absolute Gasteiger partial charge is 0.497 e. The molecule has 0 N–H and O–H groups in total. The predicted molar refractivity (Wildman–Crippen MR) is 95.3 cm³/mol. The Morgan fingerprint density at radius 1 is 0.957 bits per heavy atom. The van der Waals surface area contributed by atoms with Gasteiger partial charge in [-0.25, -0.2) is 0 Å². The van der Waals surface area contributed by atoms with Crippen LogP contribution in [0.15, 0.2) is 36.4 Å². The second-order valence-electron chi connectivity index (χ2n) is 4.67. The molecule has 0 heterocycles. The van der Waals surface area contributed by atoms with Gasteiger partial charge in [-0.2, -0.15) is 0 Å². The Kier molecular flexibility index (Phi) is 7.65. The molecule has 1 radical (unpaired) electrons. The number of aryl methyl sites for hydroxylation is 1. The van der Waals surface area contributed by atoms with Crippen molar-refractivity contribution in [2.75, 3.05) is 21.3 Å².